The highest BCUT2D eigenvalue weighted by Crippen LogP contribution is 2.37. The average molecular weight is 168 g/mol. The Bertz CT molecular complexity index is 220. The van der Waals surface area contributed by atoms with Gasteiger partial charge in [-0.25, -0.2) is 0 Å². The SMILES string of the molecule is C#CC1(O)CC(C(=O)OCC)C1. The van der Waals surface area contributed by atoms with E-state index in [0.717, 1.165) is 0 Å². The summed E-state index contributed by atoms with van der Waals surface area (Å²) in [6, 6.07) is 0. The summed E-state index contributed by atoms with van der Waals surface area (Å²) in [7, 11) is 0. The Kier molecular flexibility index (Phi) is 2.39. The minimum Gasteiger partial charge on any atom is -0.466 e. The van der Waals surface area contributed by atoms with Gasteiger partial charge in [0.15, 0.2) is 0 Å². The summed E-state index contributed by atoms with van der Waals surface area (Å²) in [6.07, 6.45) is 5.72. The number of hydrogen-bond acceptors (Lipinski definition) is 3. The largest absolute Gasteiger partial charge is 0.466 e. The number of rotatable bonds is 2. The molecular formula is C9H12O3. The van der Waals surface area contributed by atoms with Gasteiger partial charge in [-0.1, -0.05) is 5.92 Å². The summed E-state index contributed by atoms with van der Waals surface area (Å²) in [6.45, 7) is 2.13. The maximum atomic E-state index is 11.0. The number of terminal acetylenes is 1. The number of esters is 1. The topological polar surface area (TPSA) is 46.5 Å². The number of carbonyl (C=O) groups is 1. The fourth-order valence-corrected chi connectivity index (χ4v) is 1.30. The molecule has 1 saturated carbocycles. The zero-order valence-electron chi connectivity index (χ0n) is 7.04. The fraction of sp³-hybridized carbons (Fsp3) is 0.667. The zero-order valence-corrected chi connectivity index (χ0v) is 7.04. The predicted octanol–water partition coefficient (Wildman–Crippen LogP) is 0.324. The van der Waals surface area contributed by atoms with E-state index in [9.17, 15) is 9.90 Å². The van der Waals surface area contributed by atoms with Crippen LogP contribution in [0.1, 0.15) is 19.8 Å². The third kappa shape index (κ3) is 1.59. The van der Waals surface area contributed by atoms with Crippen LogP contribution in [0.25, 0.3) is 0 Å². The molecule has 0 aromatic heterocycles. The zero-order chi connectivity index (χ0) is 9.19. The first kappa shape index (κ1) is 9.08. The lowest BCUT2D eigenvalue weighted by atomic mass is 9.71. The van der Waals surface area contributed by atoms with Crippen LogP contribution < -0.4 is 0 Å². The van der Waals surface area contributed by atoms with Crippen LogP contribution in [0.5, 0.6) is 0 Å². The molecule has 0 unspecified atom stereocenters. The molecule has 0 spiro atoms. The molecule has 1 N–H and O–H groups in total. The predicted molar refractivity (Wildman–Crippen MR) is 43.1 cm³/mol. The normalized spacial score (nSPS) is 33.2. The summed E-state index contributed by atoms with van der Waals surface area (Å²) in [5, 5.41) is 9.36. The quantitative estimate of drug-likeness (QED) is 0.477. The standard InChI is InChI=1S/C9H12O3/c1-3-9(11)5-7(6-9)8(10)12-4-2/h1,7,11H,4-6H2,2H3. The van der Waals surface area contributed by atoms with Crippen molar-refractivity contribution in [2.45, 2.75) is 25.4 Å². The molecule has 66 valence electrons. The molecule has 0 radical (unpaired) electrons. The summed E-state index contributed by atoms with van der Waals surface area (Å²) in [5.41, 5.74) is -1.06. The second-order valence-electron chi connectivity index (χ2n) is 3.03. The van der Waals surface area contributed by atoms with E-state index in [4.69, 9.17) is 11.2 Å². The van der Waals surface area contributed by atoms with Crippen molar-refractivity contribution in [3.63, 3.8) is 0 Å². The van der Waals surface area contributed by atoms with E-state index >= 15 is 0 Å². The fourth-order valence-electron chi connectivity index (χ4n) is 1.30. The van der Waals surface area contributed by atoms with Crippen LogP contribution in [0.2, 0.25) is 0 Å². The van der Waals surface area contributed by atoms with Gasteiger partial charge in [-0.15, -0.1) is 6.42 Å². The Morgan fingerprint density at radius 3 is 2.83 bits per heavy atom. The van der Waals surface area contributed by atoms with Crippen molar-refractivity contribution in [3.05, 3.63) is 0 Å². The van der Waals surface area contributed by atoms with E-state index in [1.807, 2.05) is 0 Å². The van der Waals surface area contributed by atoms with E-state index in [2.05, 4.69) is 5.92 Å². The first-order chi connectivity index (χ1) is 5.61. The van der Waals surface area contributed by atoms with Crippen molar-refractivity contribution >= 4 is 5.97 Å². The number of carbonyl (C=O) groups excluding carboxylic acids is 1. The van der Waals surface area contributed by atoms with Gasteiger partial charge in [-0.3, -0.25) is 4.79 Å². The van der Waals surface area contributed by atoms with E-state index in [1.165, 1.54) is 0 Å². The van der Waals surface area contributed by atoms with Gasteiger partial charge in [-0.05, 0) is 6.92 Å². The average Bonchev–Trinajstić information content (AvgIpc) is 1.99. The van der Waals surface area contributed by atoms with Gasteiger partial charge in [0.2, 0.25) is 0 Å². The Morgan fingerprint density at radius 1 is 1.83 bits per heavy atom. The van der Waals surface area contributed by atoms with E-state index in [0.29, 0.717) is 19.4 Å². The van der Waals surface area contributed by atoms with E-state index in [-0.39, 0.29) is 11.9 Å². The van der Waals surface area contributed by atoms with E-state index < -0.39 is 5.60 Å². The third-order valence-corrected chi connectivity index (χ3v) is 2.06. The number of ether oxygens (including phenoxy) is 1. The van der Waals surface area contributed by atoms with Gasteiger partial charge >= 0.3 is 5.97 Å². The summed E-state index contributed by atoms with van der Waals surface area (Å²) < 4.78 is 4.76. The first-order valence-corrected chi connectivity index (χ1v) is 3.98. The van der Waals surface area contributed by atoms with Crippen LogP contribution in [0.15, 0.2) is 0 Å². The van der Waals surface area contributed by atoms with Gasteiger partial charge in [0.1, 0.15) is 5.60 Å². The molecule has 3 heteroatoms. The molecule has 0 bridgehead atoms. The minimum atomic E-state index is -1.06. The number of hydrogen-bond donors (Lipinski definition) is 1. The lowest BCUT2D eigenvalue weighted by Crippen LogP contribution is -2.46. The molecule has 0 heterocycles. The maximum Gasteiger partial charge on any atom is 0.309 e. The highest BCUT2D eigenvalue weighted by Gasteiger charge is 2.45. The molecule has 1 aliphatic rings. The molecule has 0 saturated heterocycles. The number of aliphatic hydroxyl groups is 1. The summed E-state index contributed by atoms with van der Waals surface area (Å²) >= 11 is 0. The third-order valence-electron chi connectivity index (χ3n) is 2.06. The second kappa shape index (κ2) is 3.16. The molecule has 0 aromatic rings. The first-order valence-electron chi connectivity index (χ1n) is 3.98. The molecule has 0 aliphatic heterocycles. The molecule has 0 atom stereocenters. The Balaban J connectivity index is 2.35. The summed E-state index contributed by atoms with van der Waals surface area (Å²) in [4.78, 5) is 11.0. The van der Waals surface area contributed by atoms with Gasteiger partial charge in [0.05, 0.1) is 12.5 Å². The van der Waals surface area contributed by atoms with E-state index in [1.54, 1.807) is 6.92 Å². The minimum absolute atomic E-state index is 0.203. The van der Waals surface area contributed by atoms with Gasteiger partial charge in [-0.2, -0.15) is 0 Å². The Hall–Kier alpha value is -1.01. The molecule has 3 nitrogen and oxygen atoms in total. The molecule has 1 rings (SSSR count). The van der Waals surface area contributed by atoms with Gasteiger partial charge < -0.3 is 9.84 Å². The van der Waals surface area contributed by atoms with Crippen LogP contribution >= 0.6 is 0 Å². The highest BCUT2D eigenvalue weighted by molar-refractivity contribution is 5.74. The van der Waals surface area contributed by atoms with Crippen LogP contribution in [0.3, 0.4) is 0 Å². The molecule has 1 fully saturated rings. The van der Waals surface area contributed by atoms with Gasteiger partial charge in [0.25, 0.3) is 0 Å². The lowest BCUT2D eigenvalue weighted by Gasteiger charge is -2.37. The molecular weight excluding hydrogens is 156 g/mol. The van der Waals surface area contributed by atoms with Gasteiger partial charge in [0, 0.05) is 12.8 Å². The van der Waals surface area contributed by atoms with Crippen LogP contribution in [0, 0.1) is 18.3 Å². The van der Waals surface area contributed by atoms with Crippen molar-refractivity contribution in [2.75, 3.05) is 6.61 Å². The van der Waals surface area contributed by atoms with Crippen molar-refractivity contribution in [1.29, 1.82) is 0 Å². The maximum absolute atomic E-state index is 11.0. The van der Waals surface area contributed by atoms with Crippen LogP contribution in [-0.2, 0) is 9.53 Å². The highest BCUT2D eigenvalue weighted by atomic mass is 16.5. The second-order valence-corrected chi connectivity index (χ2v) is 3.03. The smallest absolute Gasteiger partial charge is 0.309 e. The molecule has 12 heavy (non-hydrogen) atoms. The van der Waals surface area contributed by atoms with Crippen molar-refractivity contribution in [3.8, 4) is 12.3 Å². The van der Waals surface area contributed by atoms with Crippen molar-refractivity contribution < 1.29 is 14.6 Å². The lowest BCUT2D eigenvalue weighted by molar-refractivity contribution is -0.158. The van der Waals surface area contributed by atoms with Crippen molar-refractivity contribution in [2.24, 2.45) is 5.92 Å². The Labute approximate surface area is 71.7 Å². The monoisotopic (exact) mass is 168 g/mol. The molecule has 1 aliphatic carbocycles. The van der Waals surface area contributed by atoms with Crippen molar-refractivity contribution in [1.82, 2.24) is 0 Å². The van der Waals surface area contributed by atoms with Crippen LogP contribution in [0.4, 0.5) is 0 Å². The Morgan fingerprint density at radius 2 is 2.42 bits per heavy atom. The van der Waals surface area contributed by atoms with Crippen LogP contribution in [-0.4, -0.2) is 23.3 Å². The summed E-state index contributed by atoms with van der Waals surface area (Å²) in [5.74, 6) is 1.80. The molecule has 0 aromatic carbocycles. The molecule has 0 amide bonds.